The van der Waals surface area contributed by atoms with Crippen LogP contribution in [0.1, 0.15) is 25.0 Å². The summed E-state index contributed by atoms with van der Waals surface area (Å²) in [5.74, 6) is 0.0863. The topological polar surface area (TPSA) is 106 Å². The second-order valence-electron chi connectivity index (χ2n) is 7.03. The Bertz CT molecular complexity index is 1060. The number of nitrogens with zero attached hydrogens (tertiary/aromatic N) is 1. The molecule has 0 atom stereocenters. The summed E-state index contributed by atoms with van der Waals surface area (Å²) in [6.45, 7) is 2.53. The zero-order valence-electron chi connectivity index (χ0n) is 16.5. The van der Waals surface area contributed by atoms with E-state index in [1.165, 1.54) is 18.2 Å². The van der Waals surface area contributed by atoms with Gasteiger partial charge >= 0.3 is 5.63 Å². The van der Waals surface area contributed by atoms with Crippen LogP contribution in [0.3, 0.4) is 0 Å². The minimum absolute atomic E-state index is 0.000997. The van der Waals surface area contributed by atoms with Gasteiger partial charge in [-0.3, -0.25) is 4.79 Å². The molecule has 10 heteroatoms. The zero-order chi connectivity index (χ0) is 21.7. The summed E-state index contributed by atoms with van der Waals surface area (Å²) in [5, 5.41) is 0. The number of likely N-dealkylation sites (tertiary alicyclic amines) is 1. The van der Waals surface area contributed by atoms with E-state index in [0.29, 0.717) is 37.4 Å². The van der Waals surface area contributed by atoms with E-state index in [2.05, 4.69) is 4.72 Å². The first-order valence-corrected chi connectivity index (χ1v) is 11.0. The Morgan fingerprint density at radius 2 is 2.00 bits per heavy atom. The minimum atomic E-state index is -3.87. The second kappa shape index (κ2) is 9.40. The zero-order valence-corrected chi connectivity index (χ0v) is 17.3. The summed E-state index contributed by atoms with van der Waals surface area (Å²) >= 11 is 0. The number of halogens is 1. The molecule has 0 aliphatic carbocycles. The standard InChI is InChI=1S/C20H23FN2O6S/c1-14-11-17(13-20(25)28-14)29-16-6-9-23(10-7-16)19(24)5-8-22-30(26,27)18-4-2-3-15(21)12-18/h2-4,11-13,16,22H,5-10H2,1H3. The Balaban J connectivity index is 1.44. The maximum atomic E-state index is 13.2. The monoisotopic (exact) mass is 438 g/mol. The van der Waals surface area contributed by atoms with Crippen molar-refractivity contribution in [3.8, 4) is 5.75 Å². The van der Waals surface area contributed by atoms with Gasteiger partial charge < -0.3 is 14.1 Å². The van der Waals surface area contributed by atoms with Crippen LogP contribution in [0.25, 0.3) is 0 Å². The molecule has 1 aliphatic heterocycles. The molecule has 0 saturated carbocycles. The highest BCUT2D eigenvalue weighted by atomic mass is 32.2. The molecule has 2 aromatic rings. The van der Waals surface area contributed by atoms with Gasteiger partial charge in [0.05, 0.1) is 11.0 Å². The number of sulfonamides is 1. The summed E-state index contributed by atoms with van der Waals surface area (Å²) in [7, 11) is -3.87. The van der Waals surface area contributed by atoms with Crippen LogP contribution in [0, 0.1) is 12.7 Å². The van der Waals surface area contributed by atoms with Gasteiger partial charge in [0, 0.05) is 45.0 Å². The molecular weight excluding hydrogens is 415 g/mol. The Kier molecular flexibility index (Phi) is 6.88. The number of nitrogens with one attached hydrogen (secondary N) is 1. The molecule has 1 aromatic heterocycles. The fraction of sp³-hybridized carbons (Fsp3) is 0.400. The summed E-state index contributed by atoms with van der Waals surface area (Å²) < 4.78 is 50.6. The number of carbonyl (C=O) groups is 1. The number of benzene rings is 1. The van der Waals surface area contributed by atoms with Crippen molar-refractivity contribution in [3.05, 3.63) is 58.4 Å². The highest BCUT2D eigenvalue weighted by Gasteiger charge is 2.24. The number of carbonyl (C=O) groups excluding carboxylic acids is 1. The third kappa shape index (κ3) is 5.90. The van der Waals surface area contributed by atoms with E-state index < -0.39 is 21.5 Å². The van der Waals surface area contributed by atoms with Crippen molar-refractivity contribution < 1.29 is 26.8 Å². The molecule has 162 valence electrons. The quantitative estimate of drug-likeness (QED) is 0.707. The van der Waals surface area contributed by atoms with Gasteiger partial charge in [0.25, 0.3) is 0 Å². The third-order valence-corrected chi connectivity index (χ3v) is 6.16. The SMILES string of the molecule is Cc1cc(OC2CCN(C(=O)CCNS(=O)(=O)c3cccc(F)c3)CC2)cc(=O)o1. The van der Waals surface area contributed by atoms with Crippen LogP contribution < -0.4 is 15.1 Å². The predicted molar refractivity (Wildman–Crippen MR) is 106 cm³/mol. The smallest absolute Gasteiger partial charge is 0.339 e. The normalized spacial score (nSPS) is 15.2. The molecular formula is C20H23FN2O6S. The predicted octanol–water partition coefficient (Wildman–Crippen LogP) is 1.83. The van der Waals surface area contributed by atoms with Crippen molar-refractivity contribution in [2.75, 3.05) is 19.6 Å². The van der Waals surface area contributed by atoms with Gasteiger partial charge in [-0.2, -0.15) is 0 Å². The van der Waals surface area contributed by atoms with Gasteiger partial charge in [-0.1, -0.05) is 6.07 Å². The average Bonchev–Trinajstić information content (AvgIpc) is 2.67. The molecule has 0 bridgehead atoms. The van der Waals surface area contributed by atoms with Crippen molar-refractivity contribution >= 4 is 15.9 Å². The Hall–Kier alpha value is -2.72. The largest absolute Gasteiger partial charge is 0.490 e. The lowest BCUT2D eigenvalue weighted by Gasteiger charge is -2.32. The lowest BCUT2D eigenvalue weighted by Crippen LogP contribution is -2.42. The first-order chi connectivity index (χ1) is 14.2. The van der Waals surface area contributed by atoms with Crippen LogP contribution in [0.15, 0.2) is 50.5 Å². The van der Waals surface area contributed by atoms with E-state index in [0.717, 1.165) is 12.1 Å². The number of hydrogen-bond acceptors (Lipinski definition) is 6. The molecule has 0 spiro atoms. The Labute approximate surface area is 173 Å². The van der Waals surface area contributed by atoms with E-state index in [-0.39, 0.29) is 29.9 Å². The van der Waals surface area contributed by atoms with E-state index in [1.54, 1.807) is 17.9 Å². The van der Waals surface area contributed by atoms with Crippen molar-refractivity contribution in [1.29, 1.82) is 0 Å². The lowest BCUT2D eigenvalue weighted by atomic mass is 10.1. The van der Waals surface area contributed by atoms with E-state index in [1.807, 2.05) is 0 Å². The Morgan fingerprint density at radius 3 is 2.67 bits per heavy atom. The molecule has 1 N–H and O–H groups in total. The first-order valence-electron chi connectivity index (χ1n) is 9.54. The Morgan fingerprint density at radius 1 is 1.27 bits per heavy atom. The van der Waals surface area contributed by atoms with Crippen LogP contribution in [-0.4, -0.2) is 45.0 Å². The van der Waals surface area contributed by atoms with E-state index in [9.17, 15) is 22.4 Å². The molecule has 1 aliphatic rings. The highest BCUT2D eigenvalue weighted by Crippen LogP contribution is 2.19. The molecule has 0 radical (unpaired) electrons. The number of ether oxygens (including phenoxy) is 1. The minimum Gasteiger partial charge on any atom is -0.490 e. The van der Waals surface area contributed by atoms with Gasteiger partial charge in [0.1, 0.15) is 23.4 Å². The number of rotatable bonds is 7. The number of hydrogen-bond donors (Lipinski definition) is 1. The molecule has 1 amide bonds. The van der Waals surface area contributed by atoms with Crippen molar-refractivity contribution in [2.24, 2.45) is 0 Å². The summed E-state index contributed by atoms with van der Waals surface area (Å²) in [4.78, 5) is 25.2. The summed E-state index contributed by atoms with van der Waals surface area (Å²) in [6, 6.07) is 7.61. The van der Waals surface area contributed by atoms with E-state index >= 15 is 0 Å². The molecule has 1 aromatic carbocycles. The van der Waals surface area contributed by atoms with E-state index in [4.69, 9.17) is 9.15 Å². The second-order valence-corrected chi connectivity index (χ2v) is 8.79. The van der Waals surface area contributed by atoms with Gasteiger partial charge in [-0.05, 0) is 25.1 Å². The summed E-state index contributed by atoms with van der Waals surface area (Å²) in [6.07, 6.45) is 1.07. The van der Waals surface area contributed by atoms with Gasteiger partial charge in [0.2, 0.25) is 15.9 Å². The van der Waals surface area contributed by atoms with Crippen LogP contribution in [0.4, 0.5) is 4.39 Å². The van der Waals surface area contributed by atoms with Crippen LogP contribution in [0.5, 0.6) is 5.75 Å². The number of piperidine rings is 1. The van der Waals surface area contributed by atoms with Crippen LogP contribution in [0.2, 0.25) is 0 Å². The van der Waals surface area contributed by atoms with Crippen LogP contribution in [-0.2, 0) is 14.8 Å². The highest BCUT2D eigenvalue weighted by molar-refractivity contribution is 7.89. The molecule has 0 unspecified atom stereocenters. The third-order valence-electron chi connectivity index (χ3n) is 4.70. The molecule has 3 rings (SSSR count). The lowest BCUT2D eigenvalue weighted by molar-refractivity contribution is -0.132. The molecule has 1 fully saturated rings. The number of aryl methyl sites for hydroxylation is 1. The van der Waals surface area contributed by atoms with Crippen molar-refractivity contribution in [3.63, 3.8) is 0 Å². The van der Waals surface area contributed by atoms with Crippen LogP contribution >= 0.6 is 0 Å². The fourth-order valence-electron chi connectivity index (χ4n) is 3.23. The van der Waals surface area contributed by atoms with Gasteiger partial charge in [0.15, 0.2) is 0 Å². The average molecular weight is 438 g/mol. The fourth-order valence-corrected chi connectivity index (χ4v) is 4.29. The molecule has 2 heterocycles. The van der Waals surface area contributed by atoms with Crippen molar-refractivity contribution in [1.82, 2.24) is 9.62 Å². The molecule has 8 nitrogen and oxygen atoms in total. The maximum absolute atomic E-state index is 13.2. The number of amides is 1. The van der Waals surface area contributed by atoms with Gasteiger partial charge in [-0.25, -0.2) is 22.3 Å². The van der Waals surface area contributed by atoms with Gasteiger partial charge in [-0.15, -0.1) is 0 Å². The summed E-state index contributed by atoms with van der Waals surface area (Å²) in [5.41, 5.74) is -0.474. The van der Waals surface area contributed by atoms with Crippen molar-refractivity contribution in [2.45, 2.75) is 37.2 Å². The molecule has 1 saturated heterocycles. The molecule has 30 heavy (non-hydrogen) atoms. The maximum Gasteiger partial charge on any atom is 0.339 e. The first kappa shape index (κ1) is 22.0.